The molecule has 3 rings (SSSR count). The molecule has 11 heteroatoms. The van der Waals surface area contributed by atoms with Crippen molar-refractivity contribution >= 4 is 28.4 Å². The third-order valence-corrected chi connectivity index (χ3v) is 4.20. The van der Waals surface area contributed by atoms with Crippen molar-refractivity contribution in [2.24, 2.45) is 0 Å². The highest BCUT2D eigenvalue weighted by molar-refractivity contribution is 6.40. The summed E-state index contributed by atoms with van der Waals surface area (Å²) in [6, 6.07) is 4.95. The van der Waals surface area contributed by atoms with Crippen LogP contribution in [0.15, 0.2) is 36.5 Å². The number of aromatic nitrogens is 1. The third-order valence-electron chi connectivity index (χ3n) is 4.20. The van der Waals surface area contributed by atoms with Crippen molar-refractivity contribution in [2.75, 3.05) is 12.4 Å². The molecule has 2 aromatic carbocycles. The van der Waals surface area contributed by atoms with E-state index in [4.69, 9.17) is 0 Å². The molecular weight excluding hydrogens is 413 g/mol. The van der Waals surface area contributed by atoms with Gasteiger partial charge in [-0.25, -0.2) is 8.78 Å². The van der Waals surface area contributed by atoms with Gasteiger partial charge in [-0.3, -0.25) is 9.59 Å². The zero-order valence-electron chi connectivity index (χ0n) is 15.3. The first-order valence-electron chi connectivity index (χ1n) is 8.39. The number of H-pyrrole nitrogens is 1. The molecule has 0 aliphatic rings. The Kier molecular flexibility index (Phi) is 5.63. The molecule has 3 N–H and O–H groups in total. The fraction of sp³-hybridized carbons (Fsp3) is 0.158. The van der Waals surface area contributed by atoms with E-state index in [1.807, 2.05) is 0 Å². The number of carbonyl (C=O) groups is 2. The van der Waals surface area contributed by atoms with Crippen LogP contribution in [0, 0.1) is 11.6 Å². The topological polar surface area (TPSA) is 83.2 Å². The molecule has 0 spiro atoms. The molecule has 158 valence electrons. The number of aromatic amines is 1. The van der Waals surface area contributed by atoms with Crippen molar-refractivity contribution < 1.29 is 36.3 Å². The number of rotatable bonds is 4. The lowest BCUT2D eigenvalue weighted by atomic mass is 10.1. The lowest BCUT2D eigenvalue weighted by Gasteiger charge is -2.13. The van der Waals surface area contributed by atoms with E-state index in [1.54, 1.807) is 0 Å². The molecule has 0 aliphatic heterocycles. The maximum absolute atomic E-state index is 13.4. The second kappa shape index (κ2) is 8.01. The van der Waals surface area contributed by atoms with Gasteiger partial charge >= 0.3 is 18.0 Å². The summed E-state index contributed by atoms with van der Waals surface area (Å²) in [5.41, 5.74) is -0.696. The van der Waals surface area contributed by atoms with Gasteiger partial charge in [0, 0.05) is 24.2 Å². The lowest BCUT2D eigenvalue weighted by Crippen LogP contribution is -2.35. The molecule has 0 unspecified atom stereocenters. The monoisotopic (exact) mass is 427 g/mol. The van der Waals surface area contributed by atoms with Gasteiger partial charge in [0.15, 0.2) is 11.6 Å². The predicted molar refractivity (Wildman–Crippen MR) is 96.7 cm³/mol. The quantitative estimate of drug-likeness (QED) is 0.438. The molecule has 0 saturated carbocycles. The highest BCUT2D eigenvalue weighted by Gasteiger charge is 2.34. The van der Waals surface area contributed by atoms with E-state index in [0.29, 0.717) is 0 Å². The van der Waals surface area contributed by atoms with Gasteiger partial charge in [0.2, 0.25) is 0 Å². The number of anilines is 1. The molecular formula is C19H14F5N3O3. The normalized spacial score (nSPS) is 11.4. The highest BCUT2D eigenvalue weighted by atomic mass is 19.4. The smallest absolute Gasteiger partial charge is 0.419 e. The largest absolute Gasteiger partial charge is 0.496 e. The molecule has 1 aromatic heterocycles. The first kappa shape index (κ1) is 21.1. The van der Waals surface area contributed by atoms with Crippen LogP contribution in [-0.4, -0.2) is 23.9 Å². The molecule has 0 radical (unpaired) electrons. The number of carbonyl (C=O) groups excluding carboxylic acids is 2. The van der Waals surface area contributed by atoms with Gasteiger partial charge in [-0.2, -0.15) is 13.2 Å². The first-order valence-corrected chi connectivity index (χ1v) is 8.39. The van der Waals surface area contributed by atoms with Gasteiger partial charge in [-0.15, -0.1) is 0 Å². The fourth-order valence-electron chi connectivity index (χ4n) is 2.75. The fourth-order valence-corrected chi connectivity index (χ4v) is 2.75. The van der Waals surface area contributed by atoms with Crippen molar-refractivity contribution in [1.29, 1.82) is 0 Å². The zero-order valence-corrected chi connectivity index (χ0v) is 15.3. The standard InChI is InChI=1S/C19H14F5N3O3/c1-30-16-3-2-9(4-11(16)19(22,23)24)7-26-17(28)18(29)27-15-8-25-14-6-13(21)12(20)5-10(14)15/h2-6,8,25H,7H2,1H3,(H,26,28)(H,27,29). The number of alkyl halides is 3. The van der Waals surface area contributed by atoms with Gasteiger partial charge in [0.1, 0.15) is 5.75 Å². The predicted octanol–water partition coefficient (Wildman–Crippen LogP) is 3.73. The number of benzene rings is 2. The molecule has 0 saturated heterocycles. The van der Waals surface area contributed by atoms with Crippen molar-refractivity contribution in [3.05, 3.63) is 59.3 Å². The number of amides is 2. The number of hydrogen-bond donors (Lipinski definition) is 3. The summed E-state index contributed by atoms with van der Waals surface area (Å²) in [6.07, 6.45) is -3.42. The van der Waals surface area contributed by atoms with Crippen LogP contribution < -0.4 is 15.4 Å². The highest BCUT2D eigenvalue weighted by Crippen LogP contribution is 2.36. The molecule has 1 heterocycles. The maximum atomic E-state index is 13.4. The minimum atomic E-state index is -4.66. The average Bonchev–Trinajstić information content (AvgIpc) is 3.06. The molecule has 0 bridgehead atoms. The number of fused-ring (bicyclic) bond motifs is 1. The molecule has 2 amide bonds. The Morgan fingerprint density at radius 2 is 1.77 bits per heavy atom. The number of methoxy groups -OCH3 is 1. The molecule has 0 fully saturated rings. The molecule has 3 aromatic rings. The third kappa shape index (κ3) is 4.34. The van der Waals surface area contributed by atoms with Crippen LogP contribution in [0.4, 0.5) is 27.6 Å². The molecule has 0 atom stereocenters. The minimum Gasteiger partial charge on any atom is -0.496 e. The van der Waals surface area contributed by atoms with Crippen LogP contribution >= 0.6 is 0 Å². The second-order valence-corrected chi connectivity index (χ2v) is 6.18. The van der Waals surface area contributed by atoms with Gasteiger partial charge in [-0.1, -0.05) is 6.07 Å². The number of nitrogens with one attached hydrogen (secondary N) is 3. The average molecular weight is 427 g/mol. The summed E-state index contributed by atoms with van der Waals surface area (Å²) < 4.78 is 70.5. The van der Waals surface area contributed by atoms with E-state index >= 15 is 0 Å². The maximum Gasteiger partial charge on any atom is 0.419 e. The van der Waals surface area contributed by atoms with Crippen molar-refractivity contribution in [2.45, 2.75) is 12.7 Å². The summed E-state index contributed by atoms with van der Waals surface area (Å²) in [5, 5.41) is 4.56. The van der Waals surface area contributed by atoms with Crippen LogP contribution in [0.3, 0.4) is 0 Å². The van der Waals surface area contributed by atoms with Gasteiger partial charge < -0.3 is 20.4 Å². The van der Waals surface area contributed by atoms with Crippen LogP contribution in [0.1, 0.15) is 11.1 Å². The molecule has 6 nitrogen and oxygen atoms in total. The number of halogens is 5. The summed E-state index contributed by atoms with van der Waals surface area (Å²) in [6.45, 7) is -0.354. The Morgan fingerprint density at radius 1 is 1.07 bits per heavy atom. The van der Waals surface area contributed by atoms with E-state index in [9.17, 15) is 31.5 Å². The lowest BCUT2D eigenvalue weighted by molar-refractivity contribution is -0.138. The van der Waals surface area contributed by atoms with Crippen molar-refractivity contribution in [3.63, 3.8) is 0 Å². The van der Waals surface area contributed by atoms with Crippen LogP contribution in [0.5, 0.6) is 5.75 Å². The molecule has 0 aliphatic carbocycles. The van der Waals surface area contributed by atoms with Crippen molar-refractivity contribution in [3.8, 4) is 5.75 Å². The SMILES string of the molecule is COc1ccc(CNC(=O)C(=O)Nc2c[nH]c3cc(F)c(F)cc23)cc1C(F)(F)F. The van der Waals surface area contributed by atoms with E-state index in [0.717, 1.165) is 31.4 Å². The number of hydrogen-bond acceptors (Lipinski definition) is 3. The Balaban J connectivity index is 1.68. The number of ether oxygens (including phenoxy) is 1. The Bertz CT molecular complexity index is 1120. The van der Waals surface area contributed by atoms with E-state index in [2.05, 4.69) is 20.4 Å². The van der Waals surface area contributed by atoms with Crippen LogP contribution in [0.25, 0.3) is 10.9 Å². The van der Waals surface area contributed by atoms with Crippen LogP contribution in [0.2, 0.25) is 0 Å². The Labute approximate surface area is 166 Å². The second-order valence-electron chi connectivity index (χ2n) is 6.18. The Morgan fingerprint density at radius 3 is 2.43 bits per heavy atom. The van der Waals surface area contributed by atoms with Crippen molar-refractivity contribution in [1.82, 2.24) is 10.3 Å². The van der Waals surface area contributed by atoms with Gasteiger partial charge in [-0.05, 0) is 23.8 Å². The minimum absolute atomic E-state index is 0.0351. The first-order chi connectivity index (χ1) is 14.1. The summed E-state index contributed by atoms with van der Waals surface area (Å²) in [5.74, 6) is -4.86. The van der Waals surface area contributed by atoms with E-state index in [1.165, 1.54) is 12.3 Å². The van der Waals surface area contributed by atoms with E-state index < -0.39 is 35.2 Å². The Hall–Kier alpha value is -3.63. The van der Waals surface area contributed by atoms with Gasteiger partial charge in [0.25, 0.3) is 0 Å². The van der Waals surface area contributed by atoms with Crippen LogP contribution in [-0.2, 0) is 22.3 Å². The van der Waals surface area contributed by atoms with Gasteiger partial charge in [0.05, 0.1) is 23.9 Å². The summed E-state index contributed by atoms with van der Waals surface area (Å²) >= 11 is 0. The summed E-state index contributed by atoms with van der Waals surface area (Å²) in [7, 11) is 1.10. The summed E-state index contributed by atoms with van der Waals surface area (Å²) in [4.78, 5) is 26.7. The van der Waals surface area contributed by atoms with E-state index in [-0.39, 0.29) is 34.4 Å². The molecule has 30 heavy (non-hydrogen) atoms. The zero-order chi connectivity index (χ0) is 22.1.